The SMILES string of the molecule is NCCCCc1cn(Cc2cccc(Cl)c2)nn1. The molecule has 2 rings (SSSR count). The fourth-order valence-corrected chi connectivity index (χ4v) is 2.02. The van der Waals surface area contributed by atoms with Gasteiger partial charge in [-0.25, -0.2) is 4.68 Å². The van der Waals surface area contributed by atoms with Crippen LogP contribution in [-0.4, -0.2) is 21.5 Å². The van der Waals surface area contributed by atoms with Gasteiger partial charge in [0.25, 0.3) is 0 Å². The molecule has 2 aromatic rings. The molecule has 96 valence electrons. The van der Waals surface area contributed by atoms with E-state index in [1.807, 2.05) is 35.1 Å². The molecule has 1 aromatic heterocycles. The second-order valence-electron chi connectivity index (χ2n) is 4.28. The first-order chi connectivity index (χ1) is 8.78. The van der Waals surface area contributed by atoms with Crippen LogP contribution in [-0.2, 0) is 13.0 Å². The van der Waals surface area contributed by atoms with Crippen LogP contribution < -0.4 is 5.73 Å². The zero-order valence-electron chi connectivity index (χ0n) is 10.2. The van der Waals surface area contributed by atoms with Crippen LogP contribution in [0.1, 0.15) is 24.1 Å². The maximum atomic E-state index is 5.94. The molecule has 0 aliphatic rings. The standard InChI is InChI=1S/C13H17ClN4/c14-12-5-3-4-11(8-12)9-18-10-13(16-17-18)6-1-2-7-15/h3-5,8,10H,1-2,6-7,9,15H2. The Morgan fingerprint density at radius 2 is 2.17 bits per heavy atom. The predicted octanol–water partition coefficient (Wildman–Crippen LogP) is 2.26. The van der Waals surface area contributed by atoms with Crippen LogP contribution in [0, 0.1) is 0 Å². The van der Waals surface area contributed by atoms with E-state index in [1.54, 1.807) is 0 Å². The summed E-state index contributed by atoms with van der Waals surface area (Å²) in [4.78, 5) is 0. The summed E-state index contributed by atoms with van der Waals surface area (Å²) < 4.78 is 1.84. The van der Waals surface area contributed by atoms with Gasteiger partial charge in [-0.1, -0.05) is 28.9 Å². The smallest absolute Gasteiger partial charge is 0.0827 e. The number of hydrogen-bond donors (Lipinski definition) is 1. The molecule has 2 N–H and O–H groups in total. The van der Waals surface area contributed by atoms with E-state index >= 15 is 0 Å². The van der Waals surface area contributed by atoms with Crippen LogP contribution in [0.15, 0.2) is 30.5 Å². The van der Waals surface area contributed by atoms with Crippen LogP contribution in [0.4, 0.5) is 0 Å². The molecular formula is C13H17ClN4. The average Bonchev–Trinajstić information content (AvgIpc) is 2.77. The lowest BCUT2D eigenvalue weighted by Gasteiger charge is -2.00. The normalized spacial score (nSPS) is 10.8. The first-order valence-corrected chi connectivity index (χ1v) is 6.49. The molecule has 1 aromatic carbocycles. The number of hydrogen-bond acceptors (Lipinski definition) is 3. The molecule has 0 aliphatic heterocycles. The van der Waals surface area contributed by atoms with E-state index in [9.17, 15) is 0 Å². The van der Waals surface area contributed by atoms with Gasteiger partial charge in [-0.3, -0.25) is 0 Å². The third kappa shape index (κ3) is 3.82. The molecule has 0 bridgehead atoms. The summed E-state index contributed by atoms with van der Waals surface area (Å²) in [5.74, 6) is 0. The Balaban J connectivity index is 1.94. The average molecular weight is 265 g/mol. The van der Waals surface area contributed by atoms with Crippen molar-refractivity contribution in [2.24, 2.45) is 5.73 Å². The number of rotatable bonds is 6. The molecule has 0 unspecified atom stereocenters. The van der Waals surface area contributed by atoms with Gasteiger partial charge in [-0.15, -0.1) is 5.10 Å². The maximum Gasteiger partial charge on any atom is 0.0827 e. The molecule has 0 aliphatic carbocycles. The highest BCUT2D eigenvalue weighted by molar-refractivity contribution is 6.30. The summed E-state index contributed by atoms with van der Waals surface area (Å²) in [6.07, 6.45) is 5.01. The van der Waals surface area contributed by atoms with Crippen LogP contribution >= 0.6 is 11.6 Å². The molecule has 4 nitrogen and oxygen atoms in total. The number of unbranched alkanes of at least 4 members (excludes halogenated alkanes) is 1. The Bertz CT molecular complexity index is 495. The zero-order valence-corrected chi connectivity index (χ0v) is 11.0. The van der Waals surface area contributed by atoms with E-state index in [0.29, 0.717) is 6.54 Å². The third-order valence-corrected chi connectivity index (χ3v) is 2.94. The van der Waals surface area contributed by atoms with E-state index in [1.165, 1.54) is 0 Å². The lowest BCUT2D eigenvalue weighted by Crippen LogP contribution is -2.00. The van der Waals surface area contributed by atoms with Gasteiger partial charge >= 0.3 is 0 Å². The minimum Gasteiger partial charge on any atom is -0.330 e. The first-order valence-electron chi connectivity index (χ1n) is 6.11. The van der Waals surface area contributed by atoms with Crippen molar-refractivity contribution >= 4 is 11.6 Å². The first kappa shape index (κ1) is 13.1. The minimum absolute atomic E-state index is 0.699. The molecule has 18 heavy (non-hydrogen) atoms. The van der Waals surface area contributed by atoms with E-state index in [2.05, 4.69) is 10.3 Å². The topological polar surface area (TPSA) is 56.7 Å². The monoisotopic (exact) mass is 264 g/mol. The lowest BCUT2D eigenvalue weighted by atomic mass is 10.2. The minimum atomic E-state index is 0.699. The van der Waals surface area contributed by atoms with Crippen LogP contribution in [0.5, 0.6) is 0 Å². The Morgan fingerprint density at radius 3 is 2.94 bits per heavy atom. The van der Waals surface area contributed by atoms with Crippen molar-refractivity contribution in [3.63, 3.8) is 0 Å². The van der Waals surface area contributed by atoms with E-state index < -0.39 is 0 Å². The van der Waals surface area contributed by atoms with Crippen molar-refractivity contribution in [2.75, 3.05) is 6.54 Å². The quantitative estimate of drug-likeness (QED) is 0.815. The fraction of sp³-hybridized carbons (Fsp3) is 0.385. The molecule has 1 heterocycles. The van der Waals surface area contributed by atoms with Gasteiger partial charge in [0.2, 0.25) is 0 Å². The lowest BCUT2D eigenvalue weighted by molar-refractivity contribution is 0.648. The maximum absolute atomic E-state index is 5.94. The Kier molecular flexibility index (Phi) is 4.73. The van der Waals surface area contributed by atoms with E-state index in [-0.39, 0.29) is 0 Å². The summed E-state index contributed by atoms with van der Waals surface area (Å²) in [5, 5.41) is 9.00. The second-order valence-corrected chi connectivity index (χ2v) is 4.72. The van der Waals surface area contributed by atoms with Crippen molar-refractivity contribution in [3.05, 3.63) is 46.7 Å². The van der Waals surface area contributed by atoms with E-state index in [4.69, 9.17) is 17.3 Å². The molecular weight excluding hydrogens is 248 g/mol. The molecule has 0 amide bonds. The van der Waals surface area contributed by atoms with Crippen molar-refractivity contribution in [3.8, 4) is 0 Å². The van der Waals surface area contributed by atoms with Gasteiger partial charge in [0.1, 0.15) is 0 Å². The van der Waals surface area contributed by atoms with E-state index in [0.717, 1.165) is 42.1 Å². The van der Waals surface area contributed by atoms with Crippen molar-refractivity contribution in [1.29, 1.82) is 0 Å². The Hall–Kier alpha value is -1.39. The number of aromatic nitrogens is 3. The van der Waals surface area contributed by atoms with Crippen molar-refractivity contribution in [1.82, 2.24) is 15.0 Å². The van der Waals surface area contributed by atoms with Crippen LogP contribution in [0.3, 0.4) is 0 Å². The summed E-state index contributed by atoms with van der Waals surface area (Å²) in [5.41, 5.74) is 7.61. The van der Waals surface area contributed by atoms with Gasteiger partial charge < -0.3 is 5.73 Å². The van der Waals surface area contributed by atoms with Crippen LogP contribution in [0.2, 0.25) is 5.02 Å². The molecule has 5 heteroatoms. The summed E-state index contributed by atoms with van der Waals surface area (Å²) >= 11 is 5.94. The summed E-state index contributed by atoms with van der Waals surface area (Å²) in [7, 11) is 0. The number of nitrogens with two attached hydrogens (primary N) is 1. The predicted molar refractivity (Wildman–Crippen MR) is 72.6 cm³/mol. The number of nitrogens with zero attached hydrogens (tertiary/aromatic N) is 3. The second kappa shape index (κ2) is 6.52. The highest BCUT2D eigenvalue weighted by Crippen LogP contribution is 2.11. The molecule has 0 spiro atoms. The van der Waals surface area contributed by atoms with Crippen molar-refractivity contribution in [2.45, 2.75) is 25.8 Å². The summed E-state index contributed by atoms with van der Waals surface area (Å²) in [6.45, 7) is 1.43. The Morgan fingerprint density at radius 1 is 1.28 bits per heavy atom. The van der Waals surface area contributed by atoms with Crippen molar-refractivity contribution < 1.29 is 0 Å². The van der Waals surface area contributed by atoms with Gasteiger partial charge in [0.05, 0.1) is 12.2 Å². The van der Waals surface area contributed by atoms with Gasteiger partial charge in [-0.2, -0.15) is 0 Å². The van der Waals surface area contributed by atoms with Gasteiger partial charge in [0.15, 0.2) is 0 Å². The number of benzene rings is 1. The highest BCUT2D eigenvalue weighted by atomic mass is 35.5. The number of halogens is 1. The molecule has 0 radical (unpaired) electrons. The largest absolute Gasteiger partial charge is 0.330 e. The zero-order chi connectivity index (χ0) is 12.8. The molecule has 0 fully saturated rings. The van der Waals surface area contributed by atoms with Gasteiger partial charge in [-0.05, 0) is 43.5 Å². The fourth-order valence-electron chi connectivity index (χ4n) is 1.80. The molecule has 0 saturated carbocycles. The molecule has 0 atom stereocenters. The number of aryl methyl sites for hydroxylation is 1. The Labute approximate surface area is 112 Å². The third-order valence-electron chi connectivity index (χ3n) is 2.71. The molecule has 0 saturated heterocycles. The van der Waals surface area contributed by atoms with Gasteiger partial charge in [0, 0.05) is 11.2 Å². The highest BCUT2D eigenvalue weighted by Gasteiger charge is 2.02. The summed E-state index contributed by atoms with van der Waals surface area (Å²) in [6, 6.07) is 7.78. The van der Waals surface area contributed by atoms with Crippen LogP contribution in [0.25, 0.3) is 0 Å².